The van der Waals surface area contributed by atoms with E-state index < -0.39 is 3.25 Å². The second kappa shape index (κ2) is 12.5. The molecule has 0 aliphatic carbocycles. The van der Waals surface area contributed by atoms with Gasteiger partial charge in [0, 0.05) is 62.8 Å². The Balaban J connectivity index is 0.000000170. The van der Waals surface area contributed by atoms with E-state index in [1.807, 2.05) is 59.3 Å². The largest absolute Gasteiger partial charge is 0.312 e. The third-order valence-corrected chi connectivity index (χ3v) is 5.19. The Kier molecular flexibility index (Phi) is 10.7. The van der Waals surface area contributed by atoms with Crippen LogP contribution in [-0.4, -0.2) is 9.97 Å². The topological polar surface area (TPSA) is 62.8 Å². The summed E-state index contributed by atoms with van der Waals surface area (Å²) in [7, 11) is 0. The minimum Gasteiger partial charge on any atom is -0.312 e. The van der Waals surface area contributed by atoms with E-state index in [-0.39, 0.29) is 4.87 Å². The van der Waals surface area contributed by atoms with E-state index in [1.54, 1.807) is 11.3 Å². The molecular formula is C18H13Br4N2O2PS2. The predicted octanol–water partition coefficient (Wildman–Crippen LogP) is 8.96. The van der Waals surface area contributed by atoms with E-state index in [0.29, 0.717) is 0 Å². The molecule has 11 heteroatoms. The zero-order valence-electron chi connectivity index (χ0n) is 14.5. The summed E-state index contributed by atoms with van der Waals surface area (Å²) in [5.74, 6) is 0. The number of H-pyrrole nitrogens is 1. The van der Waals surface area contributed by atoms with Crippen LogP contribution < -0.4 is 4.87 Å². The molecule has 0 aliphatic heterocycles. The van der Waals surface area contributed by atoms with Crippen LogP contribution in [0.3, 0.4) is 0 Å². The van der Waals surface area contributed by atoms with Gasteiger partial charge >= 0.3 is 4.87 Å². The van der Waals surface area contributed by atoms with E-state index in [2.05, 4.69) is 84.5 Å². The van der Waals surface area contributed by atoms with Crippen LogP contribution in [0.4, 0.5) is 0 Å². The van der Waals surface area contributed by atoms with Crippen molar-refractivity contribution in [2.24, 2.45) is 0 Å². The van der Waals surface area contributed by atoms with Gasteiger partial charge in [-0.15, -0.1) is 11.3 Å². The molecule has 4 aromatic rings. The van der Waals surface area contributed by atoms with Crippen LogP contribution in [0, 0.1) is 0 Å². The first kappa shape index (κ1) is 24.9. The number of aromatic amines is 1. The van der Waals surface area contributed by atoms with Gasteiger partial charge in [0.25, 0.3) is 3.25 Å². The monoisotopic (exact) mass is 700 g/mol. The number of thiazole rings is 2. The van der Waals surface area contributed by atoms with Crippen molar-refractivity contribution in [1.29, 1.82) is 0 Å². The molecule has 2 heterocycles. The number of aromatic nitrogens is 2. The number of hydrogen-bond donors (Lipinski definition) is 1. The fraction of sp³-hybridized carbons (Fsp3) is 0. The number of benzene rings is 2. The molecule has 1 N–H and O–H groups in total. The van der Waals surface area contributed by atoms with Crippen LogP contribution in [0.15, 0.2) is 80.1 Å². The molecule has 152 valence electrons. The van der Waals surface area contributed by atoms with Gasteiger partial charge in [-0.3, -0.25) is 9.36 Å². The summed E-state index contributed by atoms with van der Waals surface area (Å²) in [6.07, 6.45) is 0. The van der Waals surface area contributed by atoms with Crippen molar-refractivity contribution in [2.75, 3.05) is 0 Å². The molecule has 29 heavy (non-hydrogen) atoms. The molecule has 0 bridgehead atoms. The van der Waals surface area contributed by atoms with Crippen molar-refractivity contribution in [3.8, 4) is 22.5 Å². The standard InChI is InChI=1S/C9H6BrNS.C9H7NOS.Br3OP/c10-9-11-8(6-12-9)7-4-2-1-3-5-7;11-9-10-8(6-12-9)7-4-2-1-3-5-7;1-5(2,3)4/h1-6H;1-6H,(H,10,11);. The molecule has 4 nitrogen and oxygen atoms in total. The summed E-state index contributed by atoms with van der Waals surface area (Å²) < 4.78 is 8.70. The van der Waals surface area contributed by atoms with E-state index in [1.165, 1.54) is 16.9 Å². The molecule has 0 saturated carbocycles. The molecule has 0 radical (unpaired) electrons. The van der Waals surface area contributed by atoms with Crippen molar-refractivity contribution in [2.45, 2.75) is 0 Å². The van der Waals surface area contributed by atoms with Gasteiger partial charge in [-0.1, -0.05) is 72.0 Å². The maximum Gasteiger partial charge on any atom is 0.304 e. The van der Waals surface area contributed by atoms with Crippen LogP contribution in [0.5, 0.6) is 0 Å². The molecule has 4 rings (SSSR count). The van der Waals surface area contributed by atoms with E-state index in [0.717, 1.165) is 20.9 Å². The molecular weight excluding hydrogens is 691 g/mol. The minimum absolute atomic E-state index is 0.00569. The molecule has 0 aliphatic rings. The summed E-state index contributed by atoms with van der Waals surface area (Å²) in [5, 5.41) is 3.87. The van der Waals surface area contributed by atoms with Crippen LogP contribution in [0.25, 0.3) is 22.5 Å². The van der Waals surface area contributed by atoms with Gasteiger partial charge < -0.3 is 4.98 Å². The van der Waals surface area contributed by atoms with Gasteiger partial charge in [-0.25, -0.2) is 4.98 Å². The predicted molar refractivity (Wildman–Crippen MR) is 140 cm³/mol. The normalized spacial score (nSPS) is 10.3. The average molecular weight is 704 g/mol. The first-order valence-corrected chi connectivity index (χ1v) is 18.1. The van der Waals surface area contributed by atoms with Crippen LogP contribution >= 0.6 is 88.3 Å². The SMILES string of the molecule is Brc1nc(-c2ccccc2)cs1.O=P(Br)(Br)Br.O=c1[nH]c(-c2ccccc2)cs1. The highest BCUT2D eigenvalue weighted by Gasteiger charge is 2.01. The Morgan fingerprint density at radius 3 is 1.76 bits per heavy atom. The number of hydrogen-bond acceptors (Lipinski definition) is 5. The average Bonchev–Trinajstić information content (AvgIpc) is 3.31. The van der Waals surface area contributed by atoms with Gasteiger partial charge in [0.15, 0.2) is 3.92 Å². The highest BCUT2D eigenvalue weighted by atomic mass is 80.0. The Morgan fingerprint density at radius 1 is 0.828 bits per heavy atom. The van der Waals surface area contributed by atoms with Gasteiger partial charge in [0.1, 0.15) is 0 Å². The highest BCUT2D eigenvalue weighted by molar-refractivity contribution is 9.94. The zero-order chi connectivity index (χ0) is 21.3. The van der Waals surface area contributed by atoms with Crippen molar-refractivity contribution in [3.63, 3.8) is 0 Å². The Morgan fingerprint density at radius 2 is 1.34 bits per heavy atom. The van der Waals surface area contributed by atoms with E-state index in [4.69, 9.17) is 0 Å². The summed E-state index contributed by atoms with van der Waals surface area (Å²) in [6.45, 7) is 0. The van der Waals surface area contributed by atoms with Crippen molar-refractivity contribution >= 4 is 88.3 Å². The second-order valence-corrected chi connectivity index (χ2v) is 26.5. The zero-order valence-corrected chi connectivity index (χ0v) is 23.3. The number of rotatable bonds is 2. The quantitative estimate of drug-likeness (QED) is 0.212. The summed E-state index contributed by atoms with van der Waals surface area (Å²) in [5.41, 5.74) is 4.15. The third kappa shape index (κ3) is 10.5. The fourth-order valence-electron chi connectivity index (χ4n) is 2.03. The lowest BCUT2D eigenvalue weighted by Crippen LogP contribution is -1.91. The van der Waals surface area contributed by atoms with Gasteiger partial charge in [-0.05, 0) is 21.5 Å². The minimum atomic E-state index is -2.20. The molecule has 0 atom stereocenters. The van der Waals surface area contributed by atoms with Crippen molar-refractivity contribution in [3.05, 3.63) is 85.0 Å². The Labute approximate surface area is 208 Å². The number of nitrogens with one attached hydrogen (secondary N) is 1. The first-order chi connectivity index (χ1) is 13.7. The molecule has 0 saturated heterocycles. The molecule has 2 aromatic heterocycles. The summed E-state index contributed by atoms with van der Waals surface area (Å²) >= 11 is 14.4. The summed E-state index contributed by atoms with van der Waals surface area (Å²) in [4.78, 5) is 17.9. The van der Waals surface area contributed by atoms with Crippen LogP contribution in [-0.2, 0) is 4.57 Å². The Bertz CT molecular complexity index is 1100. The summed E-state index contributed by atoms with van der Waals surface area (Å²) in [6, 6.07) is 19.9. The number of halogens is 4. The fourth-order valence-corrected chi connectivity index (χ4v) is 3.64. The highest BCUT2D eigenvalue weighted by Crippen LogP contribution is 2.68. The lowest BCUT2D eigenvalue weighted by atomic mass is 10.2. The lowest BCUT2D eigenvalue weighted by molar-refractivity contribution is 0.603. The van der Waals surface area contributed by atoms with Gasteiger partial charge in [0.2, 0.25) is 0 Å². The molecule has 2 aromatic carbocycles. The van der Waals surface area contributed by atoms with Gasteiger partial charge in [0.05, 0.1) is 11.4 Å². The van der Waals surface area contributed by atoms with Crippen LogP contribution in [0.2, 0.25) is 0 Å². The van der Waals surface area contributed by atoms with E-state index >= 15 is 0 Å². The van der Waals surface area contributed by atoms with Gasteiger partial charge in [-0.2, -0.15) is 0 Å². The Hall–Kier alpha value is -0.350. The van der Waals surface area contributed by atoms with Crippen molar-refractivity contribution in [1.82, 2.24) is 9.97 Å². The second-order valence-electron chi connectivity index (χ2n) is 5.18. The smallest absolute Gasteiger partial charge is 0.304 e. The molecule has 0 fully saturated rings. The molecule has 0 spiro atoms. The van der Waals surface area contributed by atoms with Crippen molar-refractivity contribution < 1.29 is 4.57 Å². The lowest BCUT2D eigenvalue weighted by Gasteiger charge is -1.93. The first-order valence-electron chi connectivity index (χ1n) is 7.81. The number of nitrogens with zero attached hydrogens (tertiary/aromatic N) is 1. The van der Waals surface area contributed by atoms with Crippen LogP contribution in [0.1, 0.15) is 0 Å². The van der Waals surface area contributed by atoms with E-state index in [9.17, 15) is 9.36 Å². The maximum absolute atomic E-state index is 10.8. The molecule has 0 amide bonds. The molecule has 0 unspecified atom stereocenters. The third-order valence-electron chi connectivity index (χ3n) is 3.15. The maximum atomic E-state index is 10.8.